The van der Waals surface area contributed by atoms with Gasteiger partial charge in [-0.05, 0) is 18.4 Å². The molecule has 4 heteroatoms. The molecule has 0 aliphatic heterocycles. The molecule has 0 aliphatic rings. The first-order valence-corrected chi connectivity index (χ1v) is 4.43. The normalized spacial score (nSPS) is 12.0. The largest absolute Gasteiger partial charge is 0.544 e. The summed E-state index contributed by atoms with van der Waals surface area (Å²) in [6.45, 7) is 4.71. The molecule has 0 radical (unpaired) electrons. The third-order valence-electron chi connectivity index (χ3n) is 0.702. The van der Waals surface area contributed by atoms with Crippen molar-refractivity contribution >= 4 is 8.03 Å². The Morgan fingerprint density at radius 2 is 2.10 bits per heavy atom. The van der Waals surface area contributed by atoms with Crippen molar-refractivity contribution in [1.29, 1.82) is 0 Å². The van der Waals surface area contributed by atoms with E-state index in [9.17, 15) is 4.57 Å². The van der Waals surface area contributed by atoms with Crippen LogP contribution in [-0.2, 0) is 13.8 Å². The maximum absolute atomic E-state index is 10.7. The first-order valence-electron chi connectivity index (χ1n) is 3.18. The number of rotatable bonds is 5. The van der Waals surface area contributed by atoms with Gasteiger partial charge in [0, 0.05) is 0 Å². The lowest BCUT2D eigenvalue weighted by molar-refractivity contribution is 0.269. The Morgan fingerprint density at radius 1 is 1.40 bits per heavy atom. The van der Waals surface area contributed by atoms with Crippen molar-refractivity contribution < 1.29 is 13.8 Å². The van der Waals surface area contributed by atoms with Gasteiger partial charge in [-0.3, -0.25) is 0 Å². The number of hydrogen-bond donors (Lipinski definition) is 0. The highest BCUT2D eigenvalue weighted by atomic mass is 31.1. The molecule has 0 rings (SSSR count). The van der Waals surface area contributed by atoms with Gasteiger partial charge in [0.1, 0.15) is 12.9 Å². The van der Waals surface area contributed by atoms with Gasteiger partial charge in [-0.15, -0.1) is 4.52 Å². The van der Waals surface area contributed by atoms with Crippen LogP contribution in [0.2, 0.25) is 0 Å². The second-order valence-corrected chi connectivity index (χ2v) is 2.57. The van der Waals surface area contributed by atoms with Crippen LogP contribution in [0.1, 0.15) is 13.8 Å². The molecule has 0 aromatic heterocycles. The topological polar surface area (TPSA) is 35.5 Å². The summed E-state index contributed by atoms with van der Waals surface area (Å²) in [5, 5.41) is 0. The van der Waals surface area contributed by atoms with Crippen LogP contribution in [0.25, 0.3) is 0 Å². The summed E-state index contributed by atoms with van der Waals surface area (Å²) in [4.78, 5) is 0. The van der Waals surface area contributed by atoms with Gasteiger partial charge in [-0.25, -0.2) is 0 Å². The highest BCUT2D eigenvalue weighted by Gasteiger charge is 2.09. The van der Waals surface area contributed by atoms with E-state index in [1.807, 2.05) is 6.92 Å². The molecule has 1 atom stereocenters. The van der Waals surface area contributed by atoms with Crippen LogP contribution < -0.4 is 0 Å². The molecule has 10 heavy (non-hydrogen) atoms. The number of ether oxygens (including phenoxy) is 1. The van der Waals surface area contributed by atoms with E-state index in [-0.39, 0.29) is 0 Å². The predicted molar refractivity (Wildman–Crippen MR) is 40.0 cm³/mol. The maximum atomic E-state index is 10.7. The summed E-state index contributed by atoms with van der Waals surface area (Å²) in [6.07, 6.45) is 1.40. The Morgan fingerprint density at radius 3 is 2.60 bits per heavy atom. The average molecular weight is 163 g/mol. The zero-order valence-corrected chi connectivity index (χ0v) is 7.14. The van der Waals surface area contributed by atoms with Crippen molar-refractivity contribution in [3.63, 3.8) is 0 Å². The van der Waals surface area contributed by atoms with Gasteiger partial charge >= 0.3 is 8.03 Å². The molecule has 0 aromatic rings. The SMILES string of the molecule is CCO/C=C/[P+](=O)OCC. The van der Waals surface area contributed by atoms with Crippen molar-refractivity contribution in [2.75, 3.05) is 13.2 Å². The van der Waals surface area contributed by atoms with E-state index < -0.39 is 8.03 Å². The highest BCUT2D eigenvalue weighted by Crippen LogP contribution is 2.22. The fourth-order valence-electron chi connectivity index (χ4n) is 0.359. The summed E-state index contributed by atoms with van der Waals surface area (Å²) in [7, 11) is -1.65. The van der Waals surface area contributed by atoms with Crippen LogP contribution in [0, 0.1) is 0 Å². The molecule has 0 aliphatic carbocycles. The molecule has 0 spiro atoms. The van der Waals surface area contributed by atoms with E-state index in [0.29, 0.717) is 13.2 Å². The molecule has 0 N–H and O–H groups in total. The van der Waals surface area contributed by atoms with E-state index in [4.69, 9.17) is 9.26 Å². The molecule has 0 heterocycles. The third kappa shape index (κ3) is 5.73. The van der Waals surface area contributed by atoms with Gasteiger partial charge in [0.05, 0.1) is 6.61 Å². The minimum atomic E-state index is -1.65. The summed E-state index contributed by atoms with van der Waals surface area (Å²) in [5.41, 5.74) is 0. The van der Waals surface area contributed by atoms with Gasteiger partial charge in [0.2, 0.25) is 5.82 Å². The summed E-state index contributed by atoms with van der Waals surface area (Å²) in [6, 6.07) is 0. The molecule has 1 unspecified atom stereocenters. The van der Waals surface area contributed by atoms with Gasteiger partial charge in [0.25, 0.3) is 0 Å². The molecule has 0 bridgehead atoms. The van der Waals surface area contributed by atoms with Crippen LogP contribution >= 0.6 is 8.03 Å². The molecular formula is C6H12O3P+. The van der Waals surface area contributed by atoms with Crippen LogP contribution in [0.3, 0.4) is 0 Å². The minimum Gasteiger partial charge on any atom is -0.497 e. The minimum absolute atomic E-state index is 0.464. The Hall–Kier alpha value is -0.400. The van der Waals surface area contributed by atoms with Crippen LogP contribution in [-0.4, -0.2) is 13.2 Å². The summed E-state index contributed by atoms with van der Waals surface area (Å²) in [5.74, 6) is 1.41. The van der Waals surface area contributed by atoms with E-state index in [2.05, 4.69) is 0 Å². The van der Waals surface area contributed by atoms with Gasteiger partial charge < -0.3 is 4.74 Å². The third-order valence-corrected chi connectivity index (χ3v) is 1.58. The Kier molecular flexibility index (Phi) is 6.45. The molecule has 58 valence electrons. The molecule has 3 nitrogen and oxygen atoms in total. The van der Waals surface area contributed by atoms with Crippen LogP contribution in [0.4, 0.5) is 0 Å². The van der Waals surface area contributed by atoms with Gasteiger partial charge in [-0.2, -0.15) is 0 Å². The lowest BCUT2D eigenvalue weighted by Gasteiger charge is -1.85. The van der Waals surface area contributed by atoms with Gasteiger partial charge in [0.15, 0.2) is 0 Å². The standard InChI is InChI=1S/C6H12O3P/c1-3-8-5-6-10(7)9-4-2/h5-6H,3-4H2,1-2H3/q+1/b6-5+. The monoisotopic (exact) mass is 163 g/mol. The summed E-state index contributed by atoms with van der Waals surface area (Å²) >= 11 is 0. The Bertz CT molecular complexity index is 122. The smallest absolute Gasteiger partial charge is 0.497 e. The van der Waals surface area contributed by atoms with Crippen LogP contribution in [0.5, 0.6) is 0 Å². The Labute approximate surface area is 61.9 Å². The maximum Gasteiger partial charge on any atom is 0.544 e. The van der Waals surface area contributed by atoms with Crippen molar-refractivity contribution in [2.24, 2.45) is 0 Å². The molecule has 0 saturated carbocycles. The van der Waals surface area contributed by atoms with Crippen molar-refractivity contribution in [3.05, 3.63) is 12.1 Å². The lowest BCUT2D eigenvalue weighted by Crippen LogP contribution is -1.77. The summed E-state index contributed by atoms with van der Waals surface area (Å²) < 4.78 is 20.2. The average Bonchev–Trinajstić information content (AvgIpc) is 1.89. The molecule has 0 aromatic carbocycles. The zero-order chi connectivity index (χ0) is 7.82. The van der Waals surface area contributed by atoms with E-state index in [0.717, 1.165) is 0 Å². The number of hydrogen-bond acceptors (Lipinski definition) is 3. The quantitative estimate of drug-likeness (QED) is 0.460. The van der Waals surface area contributed by atoms with E-state index in [1.54, 1.807) is 6.92 Å². The fourth-order valence-corrected chi connectivity index (χ4v) is 0.885. The molecule has 0 amide bonds. The molecule has 0 saturated heterocycles. The van der Waals surface area contributed by atoms with Crippen LogP contribution in [0.15, 0.2) is 12.1 Å². The van der Waals surface area contributed by atoms with E-state index in [1.165, 1.54) is 12.1 Å². The Balaban J connectivity index is 3.36. The first kappa shape index (κ1) is 9.60. The van der Waals surface area contributed by atoms with Gasteiger partial charge in [-0.1, -0.05) is 0 Å². The van der Waals surface area contributed by atoms with Crippen molar-refractivity contribution in [1.82, 2.24) is 0 Å². The first-order chi connectivity index (χ1) is 4.81. The lowest BCUT2D eigenvalue weighted by atomic mass is 10.9. The second-order valence-electron chi connectivity index (χ2n) is 1.44. The molecular weight excluding hydrogens is 151 g/mol. The second kappa shape index (κ2) is 6.72. The van der Waals surface area contributed by atoms with Crippen molar-refractivity contribution in [2.45, 2.75) is 13.8 Å². The fraction of sp³-hybridized carbons (Fsp3) is 0.667. The zero-order valence-electron chi connectivity index (χ0n) is 6.24. The molecule has 0 fully saturated rings. The highest BCUT2D eigenvalue weighted by molar-refractivity contribution is 7.42. The van der Waals surface area contributed by atoms with Crippen molar-refractivity contribution in [3.8, 4) is 0 Å². The predicted octanol–water partition coefficient (Wildman–Crippen LogP) is 2.27. The van der Waals surface area contributed by atoms with E-state index >= 15 is 0 Å².